The summed E-state index contributed by atoms with van der Waals surface area (Å²) in [6, 6.07) is -0.971. The molecule has 1 aliphatic carbocycles. The van der Waals surface area contributed by atoms with Gasteiger partial charge in [-0.05, 0) is 0 Å². The number of thiol groups is 1. The van der Waals surface area contributed by atoms with E-state index in [-0.39, 0.29) is 5.75 Å². The van der Waals surface area contributed by atoms with Crippen LogP contribution in [0.4, 0.5) is 0 Å². The number of hydrogen-bond acceptors (Lipinski definition) is 13. The molecule has 9 N–H and O–H groups in total. The van der Waals surface area contributed by atoms with Gasteiger partial charge >= 0.3 is 195 Å². The molecule has 0 radical (unpaired) electrons. The van der Waals surface area contributed by atoms with E-state index in [0.717, 1.165) is 0 Å². The summed E-state index contributed by atoms with van der Waals surface area (Å²) < 4.78 is 9.37. The SMILES string of the molecule is CC(=O)N[C@H](CS)C(=O)[AsH][C@H]1[C@@H](O[C@@H]2[C@@H](O)[C@H](O)[C@@H](O)[C@H](O)[C@@H]2O)O[C@H](CO)[C@@H](O)[C@@H]1O. The molecule has 1 amide bonds. The van der Waals surface area contributed by atoms with Crippen molar-refractivity contribution in [3.63, 3.8) is 0 Å². The zero-order valence-electron chi connectivity index (χ0n) is 17.0. The zero-order chi connectivity index (χ0) is 24.3. The number of amides is 1. The molecule has 13 nitrogen and oxygen atoms in total. The molecule has 0 bridgehead atoms. The number of rotatable bonds is 8. The third kappa shape index (κ3) is 6.01. The van der Waals surface area contributed by atoms with Crippen molar-refractivity contribution in [1.29, 1.82) is 0 Å². The third-order valence-electron chi connectivity index (χ3n) is 5.43. The molecule has 0 aromatic heterocycles. The average molecular weight is 547 g/mol. The number of hydrogen-bond donors (Lipinski definition) is 10. The van der Waals surface area contributed by atoms with Crippen LogP contribution in [0.15, 0.2) is 0 Å². The Hall–Kier alpha value is -0.352. The van der Waals surface area contributed by atoms with Gasteiger partial charge in [0.1, 0.15) is 0 Å². The van der Waals surface area contributed by atoms with E-state index < -0.39 is 105 Å². The molecule has 1 saturated heterocycles. The van der Waals surface area contributed by atoms with Crippen molar-refractivity contribution in [1.82, 2.24) is 5.32 Å². The van der Waals surface area contributed by atoms with E-state index in [9.17, 15) is 50.4 Å². The minimum atomic E-state index is -1.91. The van der Waals surface area contributed by atoms with Gasteiger partial charge in [0.15, 0.2) is 0 Å². The molecule has 32 heavy (non-hydrogen) atoms. The monoisotopic (exact) mass is 547 g/mol. The Morgan fingerprint density at radius 1 is 0.969 bits per heavy atom. The Kier molecular flexibility index (Phi) is 10.3. The molecule has 1 saturated carbocycles. The number of aliphatic hydroxyl groups excluding tert-OH is 8. The van der Waals surface area contributed by atoms with E-state index in [2.05, 4.69) is 17.9 Å². The van der Waals surface area contributed by atoms with Crippen molar-refractivity contribution >= 4 is 38.9 Å². The second-order valence-electron chi connectivity index (χ2n) is 7.73. The molecule has 0 aromatic carbocycles. The minimum absolute atomic E-state index is 0.0325. The van der Waals surface area contributed by atoms with Crippen LogP contribution >= 0.6 is 12.6 Å². The molecule has 2 fully saturated rings. The van der Waals surface area contributed by atoms with Crippen LogP contribution in [0.3, 0.4) is 0 Å². The van der Waals surface area contributed by atoms with E-state index in [0.29, 0.717) is 0 Å². The predicted molar refractivity (Wildman–Crippen MR) is 110 cm³/mol. The van der Waals surface area contributed by atoms with E-state index in [1.54, 1.807) is 0 Å². The molecular weight excluding hydrogens is 517 g/mol. The van der Waals surface area contributed by atoms with Crippen LogP contribution in [-0.4, -0.2) is 147 Å². The normalized spacial score (nSPS) is 43.9. The standard InChI is InChI=1S/C17H30AsNO12S/c1-4(21)19-5(3-32)16(29)18-7-9(23)8(22)6(2-20)30-17(7)31-15-13(27)11(25)10(24)12(26)14(15)28/h5-15,17-18,20,22-28,32H,2-3H2,1H3,(H,19,21)/t5-,6-,7-,8-,9-,10-,11-,12+,13+,14+,15-,17-/m1/s1. The summed E-state index contributed by atoms with van der Waals surface area (Å²) >= 11 is 2.12. The molecule has 0 spiro atoms. The van der Waals surface area contributed by atoms with Gasteiger partial charge in [0.25, 0.3) is 0 Å². The predicted octanol–water partition coefficient (Wildman–Crippen LogP) is -6.19. The second-order valence-corrected chi connectivity index (χ2v) is 11.1. The van der Waals surface area contributed by atoms with Crippen LogP contribution in [0.25, 0.3) is 0 Å². The average Bonchev–Trinajstić information content (AvgIpc) is 2.76. The van der Waals surface area contributed by atoms with Crippen LogP contribution < -0.4 is 5.32 Å². The molecular formula is C17H30AsNO12S. The topological polar surface area (TPSA) is 226 Å². The van der Waals surface area contributed by atoms with Gasteiger partial charge in [-0.1, -0.05) is 0 Å². The molecule has 0 aromatic rings. The summed E-state index contributed by atoms with van der Waals surface area (Å²) in [6.07, 6.45) is -17.1. The van der Waals surface area contributed by atoms with Crippen LogP contribution in [0, 0.1) is 0 Å². The molecule has 13 atom stereocenters. The number of aliphatic hydroxyl groups is 8. The number of carbonyl (C=O) groups excluding carboxylic acids is 2. The van der Waals surface area contributed by atoms with Gasteiger partial charge in [-0.25, -0.2) is 0 Å². The molecule has 1 unspecified atom stereocenters. The van der Waals surface area contributed by atoms with E-state index in [1.165, 1.54) is 6.92 Å². The first-order chi connectivity index (χ1) is 14.9. The first-order valence-corrected chi connectivity index (χ1v) is 12.7. The fourth-order valence-corrected chi connectivity index (χ4v) is 7.05. The molecule has 15 heteroatoms. The second kappa shape index (κ2) is 11.9. The fourth-order valence-electron chi connectivity index (χ4n) is 3.57. The Balaban J connectivity index is 2.27. The Bertz CT molecular complexity index is 645. The number of nitrogens with one attached hydrogen (secondary N) is 1. The summed E-state index contributed by atoms with van der Waals surface area (Å²) in [5, 5.41) is 82.7. The fraction of sp³-hybridized carbons (Fsp3) is 0.882. The van der Waals surface area contributed by atoms with Crippen LogP contribution in [0.1, 0.15) is 6.92 Å². The summed E-state index contributed by atoms with van der Waals surface area (Å²) in [6.45, 7) is 0.477. The van der Waals surface area contributed by atoms with Crippen LogP contribution in [0.2, 0.25) is 4.71 Å². The van der Waals surface area contributed by atoms with Crippen molar-refractivity contribution in [2.24, 2.45) is 0 Å². The number of carbonyl (C=O) groups is 2. The Morgan fingerprint density at radius 2 is 1.50 bits per heavy atom. The summed E-state index contributed by atoms with van der Waals surface area (Å²) in [7, 11) is 0. The van der Waals surface area contributed by atoms with Gasteiger partial charge in [0.2, 0.25) is 0 Å². The van der Waals surface area contributed by atoms with Gasteiger partial charge in [0.05, 0.1) is 0 Å². The molecule has 1 heterocycles. The summed E-state index contributed by atoms with van der Waals surface area (Å²) in [5.74, 6) is -0.512. The maximum absolute atomic E-state index is 12.7. The Morgan fingerprint density at radius 3 is 1.97 bits per heavy atom. The molecule has 2 rings (SSSR count). The van der Waals surface area contributed by atoms with Crippen molar-refractivity contribution in [3.05, 3.63) is 0 Å². The summed E-state index contributed by atoms with van der Waals surface area (Å²) in [4.78, 5) is 24.0. The first kappa shape index (κ1) is 27.9. The maximum atomic E-state index is 12.7. The van der Waals surface area contributed by atoms with Gasteiger partial charge in [-0.15, -0.1) is 0 Å². The van der Waals surface area contributed by atoms with E-state index >= 15 is 0 Å². The van der Waals surface area contributed by atoms with Crippen LogP contribution in [0.5, 0.6) is 0 Å². The Labute approximate surface area is 195 Å². The van der Waals surface area contributed by atoms with Gasteiger partial charge in [-0.2, -0.15) is 0 Å². The first-order valence-electron chi connectivity index (χ1n) is 9.81. The van der Waals surface area contributed by atoms with E-state index in [4.69, 9.17) is 9.47 Å². The van der Waals surface area contributed by atoms with Crippen molar-refractivity contribution in [2.45, 2.75) is 78.9 Å². The van der Waals surface area contributed by atoms with Gasteiger partial charge < -0.3 is 0 Å². The van der Waals surface area contributed by atoms with Crippen LogP contribution in [-0.2, 0) is 19.1 Å². The van der Waals surface area contributed by atoms with Crippen molar-refractivity contribution in [2.75, 3.05) is 12.4 Å². The van der Waals surface area contributed by atoms with Crippen molar-refractivity contribution in [3.8, 4) is 0 Å². The zero-order valence-corrected chi connectivity index (χ0v) is 20.0. The van der Waals surface area contributed by atoms with Crippen molar-refractivity contribution < 1.29 is 59.9 Å². The molecule has 1 aliphatic heterocycles. The number of ether oxygens (including phenoxy) is 2. The van der Waals surface area contributed by atoms with E-state index in [1.807, 2.05) is 0 Å². The van der Waals surface area contributed by atoms with Gasteiger partial charge in [0, 0.05) is 0 Å². The molecule has 2 aliphatic rings. The van der Waals surface area contributed by atoms with Gasteiger partial charge in [-0.3, -0.25) is 0 Å². The third-order valence-corrected chi connectivity index (χ3v) is 9.11. The quantitative estimate of drug-likeness (QED) is 0.101. The molecule has 186 valence electrons. The summed E-state index contributed by atoms with van der Waals surface area (Å²) in [5.41, 5.74) is 0.